The van der Waals surface area contributed by atoms with Gasteiger partial charge in [-0.25, -0.2) is 0 Å². The average molecular weight is 368 g/mol. The van der Waals surface area contributed by atoms with Crippen LogP contribution in [0, 0.1) is 0 Å². The first-order valence-electron chi connectivity index (χ1n) is 8.41. The maximum atomic E-state index is 12.3. The van der Waals surface area contributed by atoms with Crippen molar-refractivity contribution in [3.63, 3.8) is 0 Å². The molecule has 0 fully saturated rings. The lowest BCUT2D eigenvalue weighted by Gasteiger charge is -2.08. The van der Waals surface area contributed by atoms with E-state index in [2.05, 4.69) is 20.5 Å². The number of amides is 1. The van der Waals surface area contributed by atoms with Gasteiger partial charge >= 0.3 is 0 Å². The molecule has 6 nitrogen and oxygen atoms in total. The molecule has 1 aromatic carbocycles. The van der Waals surface area contributed by atoms with Crippen LogP contribution >= 0.6 is 11.3 Å². The van der Waals surface area contributed by atoms with Crippen molar-refractivity contribution in [2.75, 3.05) is 0 Å². The summed E-state index contributed by atoms with van der Waals surface area (Å²) >= 11 is 1.51. The Hall–Kier alpha value is -2.64. The van der Waals surface area contributed by atoms with E-state index in [0.717, 1.165) is 27.7 Å². The van der Waals surface area contributed by atoms with Gasteiger partial charge < -0.3 is 10.4 Å². The lowest BCUT2D eigenvalue weighted by molar-refractivity contribution is 0.0951. The number of benzene rings is 1. The Morgan fingerprint density at radius 3 is 2.54 bits per heavy atom. The number of aliphatic hydroxyl groups is 1. The van der Waals surface area contributed by atoms with Gasteiger partial charge in [0.05, 0.1) is 24.0 Å². The zero-order valence-electron chi connectivity index (χ0n) is 14.6. The van der Waals surface area contributed by atoms with Gasteiger partial charge in [-0.3, -0.25) is 9.78 Å². The van der Waals surface area contributed by atoms with E-state index in [1.807, 2.05) is 31.2 Å². The topological polar surface area (TPSA) is 88.0 Å². The zero-order chi connectivity index (χ0) is 18.5. The van der Waals surface area contributed by atoms with Crippen LogP contribution in [0.1, 0.15) is 46.0 Å². The van der Waals surface area contributed by atoms with Crippen LogP contribution in [0.2, 0.25) is 0 Å². The summed E-state index contributed by atoms with van der Waals surface area (Å²) in [6.45, 7) is 4.08. The number of hydrogen-bond acceptors (Lipinski definition) is 6. The van der Waals surface area contributed by atoms with Crippen LogP contribution in [0.3, 0.4) is 0 Å². The summed E-state index contributed by atoms with van der Waals surface area (Å²) in [7, 11) is 0. The van der Waals surface area contributed by atoms with Crippen molar-refractivity contribution in [2.45, 2.75) is 32.9 Å². The monoisotopic (exact) mass is 368 g/mol. The summed E-state index contributed by atoms with van der Waals surface area (Å²) in [4.78, 5) is 16.7. The van der Waals surface area contributed by atoms with Gasteiger partial charge in [-0.05, 0) is 37.6 Å². The largest absolute Gasteiger partial charge is 0.387 e. The summed E-state index contributed by atoms with van der Waals surface area (Å²) in [5, 5.41) is 22.4. The molecule has 2 heterocycles. The van der Waals surface area contributed by atoms with E-state index in [1.54, 1.807) is 25.1 Å². The quantitative estimate of drug-likeness (QED) is 0.698. The Morgan fingerprint density at radius 1 is 1.15 bits per heavy atom. The molecule has 0 radical (unpaired) electrons. The molecule has 0 saturated carbocycles. The highest BCUT2D eigenvalue weighted by atomic mass is 32.1. The standard InChI is InChI=1S/C19H20N4O2S/c1-3-17-22-23-18(26-17)11-20-19(25)14-9-7-13(8-10-14)16-6-4-5-15(21-16)12(2)24/h4-10,12,24H,3,11H2,1-2H3,(H,20,25)/t12-/m1/s1. The van der Waals surface area contributed by atoms with Gasteiger partial charge in [0.15, 0.2) is 0 Å². The van der Waals surface area contributed by atoms with Crippen LogP contribution in [0.25, 0.3) is 11.3 Å². The first-order chi connectivity index (χ1) is 12.6. The van der Waals surface area contributed by atoms with Gasteiger partial charge in [0.2, 0.25) is 0 Å². The Morgan fingerprint density at radius 2 is 1.88 bits per heavy atom. The van der Waals surface area contributed by atoms with E-state index in [0.29, 0.717) is 17.8 Å². The molecule has 0 saturated heterocycles. The summed E-state index contributed by atoms with van der Waals surface area (Å²) in [5.41, 5.74) is 2.84. The third-order valence-electron chi connectivity index (χ3n) is 3.85. The van der Waals surface area contributed by atoms with Crippen LogP contribution in [-0.2, 0) is 13.0 Å². The number of nitrogens with zero attached hydrogens (tertiary/aromatic N) is 3. The molecular weight excluding hydrogens is 348 g/mol. The van der Waals surface area contributed by atoms with E-state index in [9.17, 15) is 9.90 Å². The third kappa shape index (κ3) is 4.30. The minimum Gasteiger partial charge on any atom is -0.387 e. The van der Waals surface area contributed by atoms with E-state index < -0.39 is 6.10 Å². The minimum absolute atomic E-state index is 0.157. The first-order valence-corrected chi connectivity index (χ1v) is 9.23. The molecule has 2 N–H and O–H groups in total. The van der Waals surface area contributed by atoms with Crippen LogP contribution in [0.5, 0.6) is 0 Å². The summed E-state index contributed by atoms with van der Waals surface area (Å²) in [6, 6.07) is 12.7. The van der Waals surface area contributed by atoms with E-state index in [1.165, 1.54) is 11.3 Å². The van der Waals surface area contributed by atoms with Crippen molar-refractivity contribution in [1.82, 2.24) is 20.5 Å². The maximum absolute atomic E-state index is 12.3. The van der Waals surface area contributed by atoms with Gasteiger partial charge in [0.25, 0.3) is 5.91 Å². The van der Waals surface area contributed by atoms with Gasteiger partial charge in [0, 0.05) is 11.1 Å². The molecule has 7 heteroatoms. The molecule has 0 spiro atoms. The number of hydrogen-bond donors (Lipinski definition) is 2. The highest BCUT2D eigenvalue weighted by molar-refractivity contribution is 7.11. The molecule has 0 bridgehead atoms. The molecule has 26 heavy (non-hydrogen) atoms. The molecule has 0 unspecified atom stereocenters. The maximum Gasteiger partial charge on any atom is 0.251 e. The number of aliphatic hydroxyl groups excluding tert-OH is 1. The second-order valence-corrected chi connectivity index (χ2v) is 6.97. The average Bonchev–Trinajstić information content (AvgIpc) is 3.14. The van der Waals surface area contributed by atoms with Gasteiger partial charge in [-0.1, -0.05) is 36.5 Å². The number of carbonyl (C=O) groups excluding carboxylic acids is 1. The lowest BCUT2D eigenvalue weighted by Crippen LogP contribution is -2.22. The Balaban J connectivity index is 1.66. The van der Waals surface area contributed by atoms with Crippen molar-refractivity contribution in [2.24, 2.45) is 0 Å². The zero-order valence-corrected chi connectivity index (χ0v) is 15.5. The van der Waals surface area contributed by atoms with Crippen molar-refractivity contribution < 1.29 is 9.90 Å². The fraction of sp³-hybridized carbons (Fsp3) is 0.263. The molecule has 134 valence electrons. The highest BCUT2D eigenvalue weighted by Gasteiger charge is 2.09. The molecule has 0 aliphatic rings. The number of aromatic nitrogens is 3. The lowest BCUT2D eigenvalue weighted by atomic mass is 10.1. The normalized spacial score (nSPS) is 12.0. The van der Waals surface area contributed by atoms with Crippen LogP contribution in [0.15, 0.2) is 42.5 Å². The molecule has 0 aliphatic heterocycles. The molecule has 1 amide bonds. The third-order valence-corrected chi connectivity index (χ3v) is 4.92. The fourth-order valence-electron chi connectivity index (χ4n) is 2.40. The Labute approximate surface area is 156 Å². The SMILES string of the molecule is CCc1nnc(CNC(=O)c2ccc(-c3cccc([C@@H](C)O)n3)cc2)s1. The predicted molar refractivity (Wildman–Crippen MR) is 101 cm³/mol. The number of carbonyl (C=O) groups is 1. The summed E-state index contributed by atoms with van der Waals surface area (Å²) < 4.78 is 0. The van der Waals surface area contributed by atoms with E-state index in [-0.39, 0.29) is 5.91 Å². The fourth-order valence-corrected chi connectivity index (χ4v) is 3.12. The van der Waals surface area contributed by atoms with Gasteiger partial charge in [0.1, 0.15) is 10.0 Å². The molecule has 2 aromatic heterocycles. The smallest absolute Gasteiger partial charge is 0.251 e. The molecular formula is C19H20N4O2S. The van der Waals surface area contributed by atoms with Crippen molar-refractivity contribution in [3.8, 4) is 11.3 Å². The Bertz CT molecular complexity index is 891. The predicted octanol–water partition coefficient (Wildman–Crippen LogP) is 3.15. The van der Waals surface area contributed by atoms with Crippen LogP contribution < -0.4 is 5.32 Å². The molecule has 1 atom stereocenters. The summed E-state index contributed by atoms with van der Waals surface area (Å²) in [5.74, 6) is -0.157. The van der Waals surface area contributed by atoms with Gasteiger partial charge in [-0.15, -0.1) is 10.2 Å². The second-order valence-electron chi connectivity index (χ2n) is 5.83. The number of rotatable bonds is 6. The number of nitrogens with one attached hydrogen (secondary N) is 1. The second kappa shape index (κ2) is 8.16. The molecule has 0 aliphatic carbocycles. The number of pyridine rings is 1. The number of aryl methyl sites for hydroxylation is 1. The molecule has 3 aromatic rings. The Kier molecular flexibility index (Phi) is 5.70. The van der Waals surface area contributed by atoms with Crippen molar-refractivity contribution in [1.29, 1.82) is 0 Å². The van der Waals surface area contributed by atoms with Crippen molar-refractivity contribution >= 4 is 17.2 Å². The molecule has 3 rings (SSSR count). The van der Waals surface area contributed by atoms with Crippen LogP contribution in [-0.4, -0.2) is 26.2 Å². The first kappa shape index (κ1) is 18.2. The minimum atomic E-state index is -0.617. The van der Waals surface area contributed by atoms with Crippen molar-refractivity contribution in [3.05, 3.63) is 63.7 Å². The van der Waals surface area contributed by atoms with Gasteiger partial charge in [-0.2, -0.15) is 0 Å². The highest BCUT2D eigenvalue weighted by Crippen LogP contribution is 2.20. The van der Waals surface area contributed by atoms with E-state index >= 15 is 0 Å². The summed E-state index contributed by atoms with van der Waals surface area (Å²) in [6.07, 6.45) is 0.228. The van der Waals surface area contributed by atoms with Crippen LogP contribution in [0.4, 0.5) is 0 Å². The van der Waals surface area contributed by atoms with E-state index in [4.69, 9.17) is 0 Å².